The van der Waals surface area contributed by atoms with Gasteiger partial charge < -0.3 is 14.8 Å². The van der Waals surface area contributed by atoms with E-state index in [1.54, 1.807) is 0 Å². The lowest BCUT2D eigenvalue weighted by molar-refractivity contribution is -0.298. The Morgan fingerprint density at radius 2 is 1.67 bits per heavy atom. The molecule has 1 amide bonds. The van der Waals surface area contributed by atoms with Crippen LogP contribution in [-0.4, -0.2) is 29.2 Å². The quantitative estimate of drug-likeness (QED) is 0.734. The number of ether oxygens (including phenoxy) is 2. The lowest BCUT2D eigenvalue weighted by atomic mass is 10.1. The predicted octanol–water partition coefficient (Wildman–Crippen LogP) is 5.02. The number of nitrogens with one attached hydrogen (secondary N) is 1. The second kappa shape index (κ2) is 8.46. The highest BCUT2D eigenvalue weighted by Crippen LogP contribution is 2.39. The SMILES string of the molecule is Cc1ccc(NC(=O)C(Sc2ccccc2)C2(C)O[C@H](C)C[C@@H](C)O2)cc1. The van der Waals surface area contributed by atoms with Crippen LogP contribution in [0.5, 0.6) is 0 Å². The maximum absolute atomic E-state index is 13.2. The molecule has 1 unspecified atom stereocenters. The monoisotopic (exact) mass is 385 g/mol. The van der Waals surface area contributed by atoms with Gasteiger partial charge in [-0.2, -0.15) is 0 Å². The van der Waals surface area contributed by atoms with Gasteiger partial charge in [0, 0.05) is 10.6 Å². The Morgan fingerprint density at radius 3 is 2.26 bits per heavy atom. The third-order valence-corrected chi connectivity index (χ3v) is 5.99. The molecule has 0 spiro atoms. The van der Waals surface area contributed by atoms with E-state index in [1.807, 2.05) is 82.3 Å². The Balaban J connectivity index is 1.86. The molecule has 3 rings (SSSR count). The Labute approximate surface area is 165 Å². The first-order valence-electron chi connectivity index (χ1n) is 9.30. The number of carbonyl (C=O) groups excluding carboxylic acids is 1. The summed E-state index contributed by atoms with van der Waals surface area (Å²) in [5.41, 5.74) is 1.92. The van der Waals surface area contributed by atoms with E-state index in [9.17, 15) is 4.79 Å². The van der Waals surface area contributed by atoms with Crippen LogP contribution in [0.25, 0.3) is 0 Å². The highest BCUT2D eigenvalue weighted by Gasteiger charge is 2.47. The van der Waals surface area contributed by atoms with Gasteiger partial charge in [-0.25, -0.2) is 0 Å². The van der Waals surface area contributed by atoms with Crippen molar-refractivity contribution < 1.29 is 14.3 Å². The minimum atomic E-state index is -1.01. The summed E-state index contributed by atoms with van der Waals surface area (Å²) in [4.78, 5) is 14.2. The number of rotatable bonds is 5. The standard InChI is InChI=1S/C22H27NO3S/c1-15-10-12-18(13-11-15)23-21(24)20(27-19-8-6-5-7-9-19)22(4)25-16(2)14-17(3)26-22/h5-13,16-17,20H,14H2,1-4H3,(H,23,24)/t16-,17-,20?/m1/s1. The zero-order chi connectivity index (χ0) is 19.4. The predicted molar refractivity (Wildman–Crippen MR) is 110 cm³/mol. The van der Waals surface area contributed by atoms with Gasteiger partial charge in [-0.3, -0.25) is 4.79 Å². The van der Waals surface area contributed by atoms with Crippen molar-refractivity contribution in [1.82, 2.24) is 0 Å². The molecule has 2 aromatic rings. The van der Waals surface area contributed by atoms with E-state index in [1.165, 1.54) is 11.8 Å². The van der Waals surface area contributed by atoms with E-state index < -0.39 is 11.0 Å². The van der Waals surface area contributed by atoms with Gasteiger partial charge in [-0.05, 0) is 58.4 Å². The average molecular weight is 386 g/mol. The van der Waals surface area contributed by atoms with Crippen molar-refractivity contribution in [3.8, 4) is 0 Å². The number of benzene rings is 2. The van der Waals surface area contributed by atoms with Crippen molar-refractivity contribution in [2.24, 2.45) is 0 Å². The van der Waals surface area contributed by atoms with E-state index in [-0.39, 0.29) is 18.1 Å². The summed E-state index contributed by atoms with van der Waals surface area (Å²) in [5.74, 6) is -1.14. The summed E-state index contributed by atoms with van der Waals surface area (Å²) in [6.45, 7) is 7.94. The number of carbonyl (C=O) groups is 1. The van der Waals surface area contributed by atoms with Crippen LogP contribution in [0, 0.1) is 6.92 Å². The van der Waals surface area contributed by atoms with Gasteiger partial charge in [0.1, 0.15) is 5.25 Å². The van der Waals surface area contributed by atoms with Gasteiger partial charge in [0.15, 0.2) is 5.79 Å². The van der Waals surface area contributed by atoms with E-state index in [2.05, 4.69) is 5.32 Å². The number of amides is 1. The number of thioether (sulfide) groups is 1. The molecule has 0 aliphatic carbocycles. The fourth-order valence-electron chi connectivity index (χ4n) is 3.39. The van der Waals surface area contributed by atoms with Crippen LogP contribution in [0.4, 0.5) is 5.69 Å². The van der Waals surface area contributed by atoms with E-state index in [4.69, 9.17) is 9.47 Å². The first-order valence-corrected chi connectivity index (χ1v) is 10.2. The van der Waals surface area contributed by atoms with Crippen LogP contribution >= 0.6 is 11.8 Å². The van der Waals surface area contributed by atoms with Crippen LogP contribution in [-0.2, 0) is 14.3 Å². The Morgan fingerprint density at radius 1 is 1.07 bits per heavy atom. The molecule has 27 heavy (non-hydrogen) atoms. The molecular formula is C22H27NO3S. The summed E-state index contributed by atoms with van der Waals surface area (Å²) >= 11 is 1.47. The van der Waals surface area contributed by atoms with Crippen molar-refractivity contribution in [3.63, 3.8) is 0 Å². The second-order valence-corrected chi connectivity index (χ2v) is 8.45. The van der Waals surface area contributed by atoms with Gasteiger partial charge in [0.2, 0.25) is 5.91 Å². The Kier molecular flexibility index (Phi) is 6.25. The van der Waals surface area contributed by atoms with Crippen LogP contribution in [0.15, 0.2) is 59.5 Å². The molecule has 2 aromatic carbocycles. The summed E-state index contributed by atoms with van der Waals surface area (Å²) in [7, 11) is 0. The van der Waals surface area contributed by atoms with Crippen molar-refractivity contribution >= 4 is 23.4 Å². The van der Waals surface area contributed by atoms with Gasteiger partial charge in [-0.1, -0.05) is 35.9 Å². The molecule has 0 aromatic heterocycles. The molecule has 1 aliphatic rings. The Bertz CT molecular complexity index is 753. The zero-order valence-corrected chi connectivity index (χ0v) is 17.1. The fraction of sp³-hybridized carbons (Fsp3) is 0.409. The number of hydrogen-bond acceptors (Lipinski definition) is 4. The molecule has 1 heterocycles. The molecule has 5 heteroatoms. The molecule has 3 atom stereocenters. The average Bonchev–Trinajstić information content (AvgIpc) is 2.61. The molecule has 0 radical (unpaired) electrons. The van der Waals surface area contributed by atoms with Crippen LogP contribution in [0.3, 0.4) is 0 Å². The molecule has 0 saturated carbocycles. The van der Waals surface area contributed by atoms with Gasteiger partial charge in [-0.15, -0.1) is 11.8 Å². The van der Waals surface area contributed by atoms with Crippen LogP contribution in [0.1, 0.15) is 32.8 Å². The topological polar surface area (TPSA) is 47.6 Å². The molecule has 144 valence electrons. The van der Waals surface area contributed by atoms with Crippen LogP contribution < -0.4 is 5.32 Å². The minimum Gasteiger partial charge on any atom is -0.345 e. The number of hydrogen-bond donors (Lipinski definition) is 1. The van der Waals surface area contributed by atoms with Crippen molar-refractivity contribution in [2.75, 3.05) is 5.32 Å². The third kappa shape index (κ3) is 5.12. The highest BCUT2D eigenvalue weighted by atomic mass is 32.2. The summed E-state index contributed by atoms with van der Waals surface area (Å²) in [6, 6.07) is 17.7. The highest BCUT2D eigenvalue weighted by molar-refractivity contribution is 8.00. The first-order chi connectivity index (χ1) is 12.9. The molecule has 1 N–H and O–H groups in total. The van der Waals surface area contributed by atoms with Crippen LogP contribution in [0.2, 0.25) is 0 Å². The minimum absolute atomic E-state index is 0.0322. The molecular weight excluding hydrogens is 358 g/mol. The largest absolute Gasteiger partial charge is 0.345 e. The molecule has 1 saturated heterocycles. The maximum Gasteiger partial charge on any atom is 0.243 e. The number of aryl methyl sites for hydroxylation is 1. The van der Waals surface area contributed by atoms with E-state index in [0.717, 1.165) is 22.6 Å². The maximum atomic E-state index is 13.2. The first kappa shape index (κ1) is 19.9. The molecule has 4 nitrogen and oxygen atoms in total. The second-order valence-electron chi connectivity index (χ2n) is 7.27. The summed E-state index contributed by atoms with van der Waals surface area (Å²) in [5, 5.41) is 2.47. The van der Waals surface area contributed by atoms with Crippen molar-refractivity contribution in [1.29, 1.82) is 0 Å². The van der Waals surface area contributed by atoms with Gasteiger partial charge in [0.05, 0.1) is 12.2 Å². The van der Waals surface area contributed by atoms with Crippen molar-refractivity contribution in [3.05, 3.63) is 60.2 Å². The smallest absolute Gasteiger partial charge is 0.243 e. The molecule has 0 bridgehead atoms. The molecule has 1 fully saturated rings. The summed E-state index contributed by atoms with van der Waals surface area (Å²) < 4.78 is 12.3. The van der Waals surface area contributed by atoms with E-state index in [0.29, 0.717) is 0 Å². The number of anilines is 1. The Hall–Kier alpha value is -1.82. The molecule has 1 aliphatic heterocycles. The lowest BCUT2D eigenvalue weighted by Gasteiger charge is -2.44. The normalized spacial score (nSPS) is 26.4. The lowest BCUT2D eigenvalue weighted by Crippen LogP contribution is -2.55. The van der Waals surface area contributed by atoms with Gasteiger partial charge >= 0.3 is 0 Å². The fourth-order valence-corrected chi connectivity index (χ4v) is 4.47. The van der Waals surface area contributed by atoms with Crippen molar-refractivity contribution in [2.45, 2.75) is 62.3 Å². The van der Waals surface area contributed by atoms with Gasteiger partial charge in [0.25, 0.3) is 0 Å². The van der Waals surface area contributed by atoms with E-state index >= 15 is 0 Å². The zero-order valence-electron chi connectivity index (χ0n) is 16.3. The summed E-state index contributed by atoms with van der Waals surface area (Å²) in [6.07, 6.45) is 0.882. The third-order valence-electron chi connectivity index (χ3n) is 4.56.